The Morgan fingerprint density at radius 3 is 2.47 bits per heavy atom. The van der Waals surface area contributed by atoms with Crippen LogP contribution in [0.2, 0.25) is 0 Å². The van der Waals surface area contributed by atoms with E-state index >= 15 is 0 Å². The Morgan fingerprint density at radius 1 is 1.00 bits per heavy atom. The Bertz CT molecular complexity index is 1010. The van der Waals surface area contributed by atoms with Gasteiger partial charge in [-0.05, 0) is 48.6 Å². The van der Waals surface area contributed by atoms with E-state index in [0.29, 0.717) is 43.9 Å². The highest BCUT2D eigenvalue weighted by molar-refractivity contribution is 6.03. The molecule has 0 saturated carbocycles. The largest absolute Gasteiger partial charge is 0.497 e. The summed E-state index contributed by atoms with van der Waals surface area (Å²) in [6.45, 7) is 2.92. The number of nitrogens with zero attached hydrogens (tertiary/aromatic N) is 1. The molecule has 1 amide bonds. The van der Waals surface area contributed by atoms with Gasteiger partial charge in [-0.15, -0.1) is 0 Å². The second-order valence-corrected chi connectivity index (χ2v) is 7.95. The lowest BCUT2D eigenvalue weighted by Gasteiger charge is -2.47. The first-order chi connectivity index (χ1) is 14.5. The molecule has 0 radical (unpaired) electrons. The summed E-state index contributed by atoms with van der Waals surface area (Å²) in [5.74, 6) is 1.65. The summed E-state index contributed by atoms with van der Waals surface area (Å²) >= 11 is 0. The number of benzene rings is 2. The van der Waals surface area contributed by atoms with E-state index in [2.05, 4.69) is 0 Å². The van der Waals surface area contributed by atoms with Crippen molar-refractivity contribution in [3.8, 4) is 11.5 Å². The van der Waals surface area contributed by atoms with Gasteiger partial charge in [-0.3, -0.25) is 9.59 Å². The number of carbonyl (C=O) groups excluding carboxylic acids is 2. The molecule has 1 saturated heterocycles. The topological polar surface area (TPSA) is 55.8 Å². The van der Waals surface area contributed by atoms with Gasteiger partial charge in [0.25, 0.3) is 0 Å². The zero-order chi connectivity index (χ0) is 21.3. The van der Waals surface area contributed by atoms with E-state index in [9.17, 15) is 9.59 Å². The molecule has 2 aromatic carbocycles. The van der Waals surface area contributed by atoms with Gasteiger partial charge in [0.15, 0.2) is 5.78 Å². The molecule has 2 aliphatic rings. The predicted octanol–water partition coefficient (Wildman–Crippen LogP) is 4.05. The molecule has 1 heterocycles. The van der Waals surface area contributed by atoms with Crippen LogP contribution in [0.5, 0.6) is 11.5 Å². The maximum absolute atomic E-state index is 14.0. The van der Waals surface area contributed by atoms with E-state index in [1.807, 2.05) is 60.4 Å². The normalized spacial score (nSPS) is 21.5. The fourth-order valence-electron chi connectivity index (χ4n) is 4.89. The van der Waals surface area contributed by atoms with Gasteiger partial charge in [0.1, 0.15) is 11.5 Å². The number of hydrogen-bond acceptors (Lipinski definition) is 4. The van der Waals surface area contributed by atoms with Gasteiger partial charge in [-0.1, -0.05) is 30.3 Å². The molecule has 0 spiro atoms. The number of ether oxygens (including phenoxy) is 2. The van der Waals surface area contributed by atoms with Crippen molar-refractivity contribution < 1.29 is 19.1 Å². The van der Waals surface area contributed by atoms with Crippen LogP contribution in [0.4, 0.5) is 0 Å². The minimum Gasteiger partial charge on any atom is -0.497 e. The molecule has 1 unspecified atom stereocenters. The molecule has 0 bridgehead atoms. The van der Waals surface area contributed by atoms with E-state index in [1.54, 1.807) is 14.2 Å². The second kappa shape index (κ2) is 7.98. The van der Waals surface area contributed by atoms with Crippen molar-refractivity contribution in [1.82, 2.24) is 4.90 Å². The molecule has 1 atom stereocenters. The van der Waals surface area contributed by atoms with E-state index < -0.39 is 5.41 Å². The maximum Gasteiger partial charge on any atom is 0.237 e. The number of ketones is 1. The summed E-state index contributed by atoms with van der Waals surface area (Å²) in [4.78, 5) is 28.3. The number of Topliss-reactive ketones (excluding diaryl/α,β-unsaturated/α-hetero) is 1. The fourth-order valence-corrected chi connectivity index (χ4v) is 4.89. The van der Waals surface area contributed by atoms with Gasteiger partial charge in [-0.25, -0.2) is 0 Å². The minimum atomic E-state index is -0.753. The summed E-state index contributed by atoms with van der Waals surface area (Å²) < 4.78 is 10.8. The summed E-state index contributed by atoms with van der Waals surface area (Å²) in [5, 5.41) is 0. The van der Waals surface area contributed by atoms with Crippen LogP contribution in [0.15, 0.2) is 59.7 Å². The van der Waals surface area contributed by atoms with Crippen molar-refractivity contribution in [1.29, 1.82) is 0 Å². The van der Waals surface area contributed by atoms with Crippen LogP contribution in [0.25, 0.3) is 0 Å². The standard InChI is InChI=1S/C25H27NO4/c1-17-21-12-14-26(16-18-9-10-20(29-2)15-23(18)30-3)24(28)25(21,13-11-22(17)27)19-7-5-4-6-8-19/h4-10,15H,11-14,16H2,1-3H3. The molecule has 4 rings (SSSR count). The highest BCUT2D eigenvalue weighted by Gasteiger charge is 2.51. The van der Waals surface area contributed by atoms with Crippen molar-refractivity contribution in [2.75, 3.05) is 20.8 Å². The average molecular weight is 405 g/mol. The maximum atomic E-state index is 14.0. The summed E-state index contributed by atoms with van der Waals surface area (Å²) in [7, 11) is 3.24. The van der Waals surface area contributed by atoms with Crippen LogP contribution in [0, 0.1) is 0 Å². The van der Waals surface area contributed by atoms with Gasteiger partial charge < -0.3 is 14.4 Å². The van der Waals surface area contributed by atoms with Crippen LogP contribution in [0.1, 0.15) is 37.3 Å². The molecular weight excluding hydrogens is 378 g/mol. The van der Waals surface area contributed by atoms with E-state index in [-0.39, 0.29) is 11.7 Å². The minimum absolute atomic E-state index is 0.0691. The summed E-state index contributed by atoms with van der Waals surface area (Å²) in [6, 6.07) is 15.6. The summed E-state index contributed by atoms with van der Waals surface area (Å²) in [5.41, 5.74) is 2.92. The lowest BCUT2D eigenvalue weighted by atomic mass is 9.62. The van der Waals surface area contributed by atoms with E-state index in [4.69, 9.17) is 9.47 Å². The average Bonchev–Trinajstić information content (AvgIpc) is 2.79. The van der Waals surface area contributed by atoms with Gasteiger partial charge in [0.2, 0.25) is 5.91 Å². The number of allylic oxidation sites excluding steroid dienone is 1. The quantitative estimate of drug-likeness (QED) is 0.753. The highest BCUT2D eigenvalue weighted by atomic mass is 16.5. The van der Waals surface area contributed by atoms with Gasteiger partial charge in [-0.2, -0.15) is 0 Å². The Labute approximate surface area is 177 Å². The molecule has 1 aliphatic carbocycles. The zero-order valence-electron chi connectivity index (χ0n) is 17.7. The molecule has 5 heteroatoms. The SMILES string of the molecule is COc1ccc(CN2CCC3=C(C)C(=O)CCC3(c3ccccc3)C2=O)c(OC)c1. The number of amides is 1. The Hall–Kier alpha value is -3.08. The lowest BCUT2D eigenvalue weighted by molar-refractivity contribution is -0.139. The lowest BCUT2D eigenvalue weighted by Crippen LogP contribution is -2.54. The Balaban J connectivity index is 1.75. The van der Waals surface area contributed by atoms with Gasteiger partial charge in [0, 0.05) is 31.1 Å². The third-order valence-corrected chi connectivity index (χ3v) is 6.52. The predicted molar refractivity (Wildman–Crippen MR) is 115 cm³/mol. The molecule has 0 aromatic heterocycles. The molecule has 1 fully saturated rings. The fraction of sp³-hybridized carbons (Fsp3) is 0.360. The van der Waals surface area contributed by atoms with Crippen molar-refractivity contribution in [3.05, 3.63) is 70.8 Å². The first-order valence-corrected chi connectivity index (χ1v) is 10.3. The van der Waals surface area contributed by atoms with E-state index in [0.717, 1.165) is 22.3 Å². The molecule has 1 aliphatic heterocycles. The number of fused-ring (bicyclic) bond motifs is 1. The van der Waals surface area contributed by atoms with Crippen molar-refractivity contribution in [2.24, 2.45) is 0 Å². The molecule has 0 N–H and O–H groups in total. The number of carbonyl (C=O) groups is 2. The van der Waals surface area contributed by atoms with Crippen LogP contribution < -0.4 is 9.47 Å². The summed E-state index contributed by atoms with van der Waals surface area (Å²) in [6.07, 6.45) is 1.63. The van der Waals surface area contributed by atoms with Gasteiger partial charge >= 0.3 is 0 Å². The number of hydrogen-bond donors (Lipinski definition) is 0. The van der Waals surface area contributed by atoms with Crippen molar-refractivity contribution >= 4 is 11.7 Å². The zero-order valence-corrected chi connectivity index (χ0v) is 17.7. The molecule has 5 nitrogen and oxygen atoms in total. The molecule has 156 valence electrons. The molecular formula is C25H27NO4. The second-order valence-electron chi connectivity index (χ2n) is 7.95. The number of piperidine rings is 1. The van der Waals surface area contributed by atoms with Crippen molar-refractivity contribution in [3.63, 3.8) is 0 Å². The highest BCUT2D eigenvalue weighted by Crippen LogP contribution is 2.48. The van der Waals surface area contributed by atoms with Crippen LogP contribution in [0.3, 0.4) is 0 Å². The third kappa shape index (κ3) is 3.18. The Morgan fingerprint density at radius 2 is 1.77 bits per heavy atom. The first-order valence-electron chi connectivity index (χ1n) is 10.3. The number of rotatable bonds is 5. The smallest absolute Gasteiger partial charge is 0.237 e. The monoisotopic (exact) mass is 405 g/mol. The van der Waals surface area contributed by atoms with Gasteiger partial charge in [0.05, 0.1) is 19.6 Å². The number of methoxy groups -OCH3 is 2. The first kappa shape index (κ1) is 20.2. The van der Waals surface area contributed by atoms with Crippen LogP contribution in [-0.2, 0) is 21.5 Å². The van der Waals surface area contributed by atoms with Crippen LogP contribution in [-0.4, -0.2) is 37.4 Å². The molecule has 2 aromatic rings. The molecule has 30 heavy (non-hydrogen) atoms. The van der Waals surface area contributed by atoms with Crippen LogP contribution >= 0.6 is 0 Å². The van der Waals surface area contributed by atoms with E-state index in [1.165, 1.54) is 0 Å². The Kier molecular flexibility index (Phi) is 5.37. The number of likely N-dealkylation sites (tertiary alicyclic amines) is 1. The van der Waals surface area contributed by atoms with Crippen molar-refractivity contribution in [2.45, 2.75) is 38.1 Å². The third-order valence-electron chi connectivity index (χ3n) is 6.52.